The summed E-state index contributed by atoms with van der Waals surface area (Å²) >= 11 is 0. The number of hydrogen-bond donors (Lipinski definition) is 0. The third-order valence-corrected chi connectivity index (χ3v) is 1.27. The van der Waals surface area contributed by atoms with Gasteiger partial charge in [0.1, 0.15) is 12.5 Å². The summed E-state index contributed by atoms with van der Waals surface area (Å²) in [7, 11) is 0. The van der Waals surface area contributed by atoms with E-state index >= 15 is 0 Å². The number of rotatable bonds is 7. The lowest BCUT2D eigenvalue weighted by atomic mass is 10.3. The molecule has 70 valence electrons. The van der Waals surface area contributed by atoms with E-state index < -0.39 is 0 Å². The van der Waals surface area contributed by atoms with Crippen LogP contribution in [-0.4, -0.2) is 0 Å². The summed E-state index contributed by atoms with van der Waals surface area (Å²) < 4.78 is 0. The molecule has 0 bridgehead atoms. The molecular formula is C10H18O2. The first-order valence-corrected chi connectivity index (χ1v) is 4.54. The zero-order valence-electron chi connectivity index (χ0n) is 7.95. The Labute approximate surface area is 74.8 Å². The minimum atomic E-state index is 1.03. The van der Waals surface area contributed by atoms with Crippen LogP contribution in [0.2, 0.25) is 0 Å². The second-order valence-electron chi connectivity index (χ2n) is 2.51. The van der Waals surface area contributed by atoms with Crippen molar-refractivity contribution in [2.75, 3.05) is 0 Å². The van der Waals surface area contributed by atoms with E-state index in [-0.39, 0.29) is 0 Å². The molecule has 0 heterocycles. The van der Waals surface area contributed by atoms with Gasteiger partial charge in [-0.05, 0) is 25.0 Å². The smallest absolute Gasteiger partial charge is 0.138 e. The molecule has 0 aliphatic rings. The van der Waals surface area contributed by atoms with E-state index in [1.807, 2.05) is 12.2 Å². The van der Waals surface area contributed by atoms with Crippen LogP contribution in [-0.2, 0) is 9.78 Å². The highest BCUT2D eigenvalue weighted by atomic mass is 17.2. The summed E-state index contributed by atoms with van der Waals surface area (Å²) in [5.74, 6) is 0. The molecule has 0 aliphatic carbocycles. The number of allylic oxidation sites excluding steroid dienone is 2. The molecule has 0 saturated heterocycles. The number of hydrogen-bond acceptors (Lipinski definition) is 2. The van der Waals surface area contributed by atoms with Crippen LogP contribution in [0.3, 0.4) is 0 Å². The molecule has 0 spiro atoms. The summed E-state index contributed by atoms with van der Waals surface area (Å²) in [5, 5.41) is 0. The Balaban J connectivity index is 3.09. The van der Waals surface area contributed by atoms with Gasteiger partial charge in [0.15, 0.2) is 0 Å². The van der Waals surface area contributed by atoms with Crippen molar-refractivity contribution in [3.05, 3.63) is 24.7 Å². The average molecular weight is 170 g/mol. The van der Waals surface area contributed by atoms with Crippen LogP contribution in [0.15, 0.2) is 24.7 Å². The third kappa shape index (κ3) is 9.08. The van der Waals surface area contributed by atoms with Gasteiger partial charge in [-0.1, -0.05) is 26.7 Å². The molecule has 2 heteroatoms. The normalized spacial score (nSPS) is 11.2. The first kappa shape index (κ1) is 11.1. The molecule has 0 unspecified atom stereocenters. The van der Waals surface area contributed by atoms with E-state index in [2.05, 4.69) is 13.8 Å². The Kier molecular flexibility index (Phi) is 9.31. The molecule has 0 atom stereocenters. The Morgan fingerprint density at radius 1 is 0.833 bits per heavy atom. The van der Waals surface area contributed by atoms with E-state index in [0.717, 1.165) is 25.7 Å². The van der Waals surface area contributed by atoms with E-state index in [1.165, 1.54) is 0 Å². The van der Waals surface area contributed by atoms with Crippen LogP contribution in [0.25, 0.3) is 0 Å². The van der Waals surface area contributed by atoms with Crippen molar-refractivity contribution in [2.45, 2.75) is 39.5 Å². The molecule has 0 aromatic rings. The minimum absolute atomic E-state index is 1.03. The molecule has 0 saturated carbocycles. The Bertz CT molecular complexity index is 112. The maximum absolute atomic E-state index is 4.71. The predicted molar refractivity (Wildman–Crippen MR) is 50.3 cm³/mol. The fraction of sp³-hybridized carbons (Fsp3) is 0.600. The molecule has 0 amide bonds. The van der Waals surface area contributed by atoms with Crippen LogP contribution in [0.1, 0.15) is 39.5 Å². The lowest BCUT2D eigenvalue weighted by Gasteiger charge is -1.93. The lowest BCUT2D eigenvalue weighted by Crippen LogP contribution is -1.76. The van der Waals surface area contributed by atoms with E-state index in [4.69, 9.17) is 9.78 Å². The van der Waals surface area contributed by atoms with E-state index in [9.17, 15) is 0 Å². The average Bonchev–Trinajstić information content (AvgIpc) is 2.10. The van der Waals surface area contributed by atoms with Crippen LogP contribution >= 0.6 is 0 Å². The summed E-state index contributed by atoms with van der Waals surface area (Å²) in [5.41, 5.74) is 0. The highest BCUT2D eigenvalue weighted by molar-refractivity contribution is 4.73. The highest BCUT2D eigenvalue weighted by Gasteiger charge is 1.76. The SMILES string of the molecule is CCCC=COOC=CCCC. The fourth-order valence-electron chi connectivity index (χ4n) is 0.612. The molecule has 0 N–H and O–H groups in total. The molecule has 2 nitrogen and oxygen atoms in total. The summed E-state index contributed by atoms with van der Waals surface area (Å²) in [6.07, 6.45) is 11.3. The zero-order valence-corrected chi connectivity index (χ0v) is 7.95. The maximum atomic E-state index is 4.71. The highest BCUT2D eigenvalue weighted by Crippen LogP contribution is 1.92. The van der Waals surface area contributed by atoms with Gasteiger partial charge in [0, 0.05) is 0 Å². The van der Waals surface area contributed by atoms with Gasteiger partial charge < -0.3 is 0 Å². The van der Waals surface area contributed by atoms with Crippen molar-refractivity contribution >= 4 is 0 Å². The van der Waals surface area contributed by atoms with Gasteiger partial charge >= 0.3 is 0 Å². The van der Waals surface area contributed by atoms with Crippen molar-refractivity contribution in [2.24, 2.45) is 0 Å². The third-order valence-electron chi connectivity index (χ3n) is 1.27. The number of unbranched alkanes of at least 4 members (excludes halogenated alkanes) is 2. The Morgan fingerprint density at radius 2 is 1.25 bits per heavy atom. The van der Waals surface area contributed by atoms with Gasteiger partial charge in [-0.15, -0.1) is 0 Å². The molecule has 0 rings (SSSR count). The van der Waals surface area contributed by atoms with E-state index in [1.54, 1.807) is 12.5 Å². The van der Waals surface area contributed by atoms with Crippen molar-refractivity contribution in [3.63, 3.8) is 0 Å². The fourth-order valence-corrected chi connectivity index (χ4v) is 0.612. The molecule has 0 aliphatic heterocycles. The minimum Gasteiger partial charge on any atom is -0.299 e. The molecule has 0 fully saturated rings. The van der Waals surface area contributed by atoms with Crippen molar-refractivity contribution in [3.8, 4) is 0 Å². The van der Waals surface area contributed by atoms with Gasteiger partial charge in [-0.3, -0.25) is 9.78 Å². The molecule has 12 heavy (non-hydrogen) atoms. The Morgan fingerprint density at radius 3 is 1.58 bits per heavy atom. The van der Waals surface area contributed by atoms with Gasteiger partial charge in [-0.2, -0.15) is 0 Å². The van der Waals surface area contributed by atoms with Gasteiger partial charge in [0.2, 0.25) is 0 Å². The van der Waals surface area contributed by atoms with Crippen LogP contribution in [0.5, 0.6) is 0 Å². The zero-order chi connectivity index (χ0) is 9.07. The van der Waals surface area contributed by atoms with Crippen LogP contribution < -0.4 is 0 Å². The molecule has 0 aromatic carbocycles. The van der Waals surface area contributed by atoms with Gasteiger partial charge in [-0.25, -0.2) is 0 Å². The topological polar surface area (TPSA) is 18.5 Å². The first-order chi connectivity index (χ1) is 5.91. The van der Waals surface area contributed by atoms with Crippen molar-refractivity contribution in [1.29, 1.82) is 0 Å². The van der Waals surface area contributed by atoms with Gasteiger partial charge in [0.25, 0.3) is 0 Å². The molecule has 0 radical (unpaired) electrons. The van der Waals surface area contributed by atoms with Gasteiger partial charge in [0.05, 0.1) is 0 Å². The van der Waals surface area contributed by atoms with Crippen molar-refractivity contribution < 1.29 is 9.78 Å². The predicted octanol–water partition coefficient (Wildman–Crippen LogP) is 3.56. The lowest BCUT2D eigenvalue weighted by molar-refractivity contribution is -0.196. The second-order valence-corrected chi connectivity index (χ2v) is 2.51. The summed E-state index contributed by atoms with van der Waals surface area (Å²) in [6.45, 7) is 4.23. The first-order valence-electron chi connectivity index (χ1n) is 4.54. The van der Waals surface area contributed by atoms with E-state index in [0.29, 0.717) is 0 Å². The van der Waals surface area contributed by atoms with Crippen LogP contribution in [0, 0.1) is 0 Å². The largest absolute Gasteiger partial charge is 0.299 e. The molecular weight excluding hydrogens is 152 g/mol. The molecule has 0 aromatic heterocycles. The summed E-state index contributed by atoms with van der Waals surface area (Å²) in [6, 6.07) is 0. The second kappa shape index (κ2) is 10.1. The Hall–Kier alpha value is -0.920. The summed E-state index contributed by atoms with van der Waals surface area (Å²) in [4.78, 5) is 9.43. The maximum Gasteiger partial charge on any atom is 0.138 e. The standard InChI is InChI=1S/C10H18O2/c1-3-5-7-9-11-12-10-8-6-4-2/h7-10H,3-6H2,1-2H3. The quantitative estimate of drug-likeness (QED) is 0.252. The monoisotopic (exact) mass is 170 g/mol. The van der Waals surface area contributed by atoms with Crippen LogP contribution in [0.4, 0.5) is 0 Å². The van der Waals surface area contributed by atoms with Crippen molar-refractivity contribution in [1.82, 2.24) is 0 Å².